The van der Waals surface area contributed by atoms with Gasteiger partial charge >= 0.3 is 0 Å². The average molecular weight is 243 g/mol. The Hall–Kier alpha value is -2.07. The molecule has 0 aliphatic rings. The third kappa shape index (κ3) is 2.78. The molecule has 0 saturated carbocycles. The van der Waals surface area contributed by atoms with Crippen LogP contribution >= 0.6 is 0 Å². The summed E-state index contributed by atoms with van der Waals surface area (Å²) in [7, 11) is 1.68. The minimum absolute atomic E-state index is 0.551. The van der Waals surface area contributed by atoms with E-state index in [1.165, 1.54) is 0 Å². The highest BCUT2D eigenvalue weighted by Gasteiger charge is 2.05. The van der Waals surface area contributed by atoms with Gasteiger partial charge < -0.3 is 15.8 Å². The molecule has 0 amide bonds. The first-order chi connectivity index (χ1) is 8.70. The Kier molecular flexibility index (Phi) is 3.79. The number of nitrogens with two attached hydrogens (primary N) is 1. The first-order valence-corrected chi connectivity index (χ1v) is 5.76. The van der Waals surface area contributed by atoms with E-state index < -0.39 is 0 Å². The number of hydrogen-bond acceptors (Lipinski definition) is 4. The van der Waals surface area contributed by atoms with Gasteiger partial charge in [0.15, 0.2) is 5.82 Å². The van der Waals surface area contributed by atoms with Crippen molar-refractivity contribution in [2.24, 2.45) is 0 Å². The molecule has 0 aliphatic heterocycles. The van der Waals surface area contributed by atoms with E-state index in [2.05, 4.69) is 10.3 Å². The second-order valence-corrected chi connectivity index (χ2v) is 4.17. The number of nitrogens with one attached hydrogen (secondary N) is 1. The summed E-state index contributed by atoms with van der Waals surface area (Å²) in [6, 6.07) is 9.83. The van der Waals surface area contributed by atoms with Crippen molar-refractivity contribution < 1.29 is 4.74 Å². The average Bonchev–Trinajstić information content (AvgIpc) is 2.35. The number of aryl methyl sites for hydroxylation is 1. The van der Waals surface area contributed by atoms with E-state index in [-0.39, 0.29) is 0 Å². The zero-order chi connectivity index (χ0) is 13.0. The lowest BCUT2D eigenvalue weighted by molar-refractivity contribution is 0.185. The third-order valence-electron chi connectivity index (χ3n) is 2.62. The summed E-state index contributed by atoms with van der Waals surface area (Å²) in [6.07, 6.45) is 1.79. The van der Waals surface area contributed by atoms with E-state index in [1.807, 2.05) is 37.3 Å². The maximum Gasteiger partial charge on any atom is 0.153 e. The number of nitrogen functional groups attached to an aromatic ring is 1. The first-order valence-electron chi connectivity index (χ1n) is 5.76. The molecule has 0 bridgehead atoms. The number of rotatable bonds is 4. The number of pyridine rings is 1. The van der Waals surface area contributed by atoms with Gasteiger partial charge in [0.25, 0.3) is 0 Å². The van der Waals surface area contributed by atoms with Crippen LogP contribution in [-0.2, 0) is 11.3 Å². The molecule has 1 heterocycles. The highest BCUT2D eigenvalue weighted by Crippen LogP contribution is 2.24. The van der Waals surface area contributed by atoms with E-state index in [4.69, 9.17) is 10.5 Å². The molecule has 2 rings (SSSR count). The van der Waals surface area contributed by atoms with E-state index in [0.717, 1.165) is 16.8 Å². The number of ether oxygens (including phenoxy) is 1. The van der Waals surface area contributed by atoms with Crippen LogP contribution in [0.5, 0.6) is 0 Å². The Labute approximate surface area is 107 Å². The van der Waals surface area contributed by atoms with Crippen molar-refractivity contribution in [3.63, 3.8) is 0 Å². The van der Waals surface area contributed by atoms with Crippen molar-refractivity contribution >= 4 is 17.2 Å². The lowest BCUT2D eigenvalue weighted by atomic mass is 10.2. The fourth-order valence-electron chi connectivity index (χ4n) is 1.75. The minimum Gasteiger partial charge on any atom is -0.396 e. The predicted molar refractivity (Wildman–Crippen MR) is 73.8 cm³/mol. The van der Waals surface area contributed by atoms with Crippen LogP contribution in [0.2, 0.25) is 0 Å². The van der Waals surface area contributed by atoms with E-state index in [1.54, 1.807) is 13.3 Å². The van der Waals surface area contributed by atoms with Gasteiger partial charge in [0.1, 0.15) is 0 Å². The minimum atomic E-state index is 0.551. The number of aromatic nitrogens is 1. The Morgan fingerprint density at radius 1 is 1.33 bits per heavy atom. The summed E-state index contributed by atoms with van der Waals surface area (Å²) in [5.41, 5.74) is 9.65. The van der Waals surface area contributed by atoms with Gasteiger partial charge in [0.2, 0.25) is 0 Å². The molecule has 0 aliphatic carbocycles. The maximum atomic E-state index is 5.94. The second kappa shape index (κ2) is 5.51. The highest BCUT2D eigenvalue weighted by atomic mass is 16.5. The quantitative estimate of drug-likeness (QED) is 0.866. The molecule has 1 aromatic heterocycles. The Balaban J connectivity index is 2.28. The van der Waals surface area contributed by atoms with E-state index >= 15 is 0 Å². The monoisotopic (exact) mass is 243 g/mol. The molecule has 0 atom stereocenters. The van der Waals surface area contributed by atoms with Crippen LogP contribution in [0.25, 0.3) is 0 Å². The molecule has 0 fully saturated rings. The number of anilines is 3. The highest BCUT2D eigenvalue weighted by molar-refractivity contribution is 5.70. The van der Waals surface area contributed by atoms with Crippen LogP contribution in [0.3, 0.4) is 0 Å². The normalized spacial score (nSPS) is 10.3. The molecule has 4 heteroatoms. The second-order valence-electron chi connectivity index (χ2n) is 4.17. The summed E-state index contributed by atoms with van der Waals surface area (Å²) in [5.74, 6) is 0.671. The molecular formula is C14H17N3O. The molecule has 0 saturated heterocycles. The van der Waals surface area contributed by atoms with E-state index in [0.29, 0.717) is 18.1 Å². The van der Waals surface area contributed by atoms with Crippen molar-refractivity contribution in [1.29, 1.82) is 0 Å². The number of nitrogens with zero attached hydrogens (tertiary/aromatic N) is 1. The lowest BCUT2D eigenvalue weighted by Gasteiger charge is -2.12. The van der Waals surface area contributed by atoms with Crippen molar-refractivity contribution in [2.75, 3.05) is 18.2 Å². The van der Waals surface area contributed by atoms with E-state index in [9.17, 15) is 0 Å². The predicted octanol–water partition coefficient (Wildman–Crippen LogP) is 2.86. The van der Waals surface area contributed by atoms with Gasteiger partial charge in [-0.05, 0) is 24.6 Å². The van der Waals surface area contributed by atoms with Crippen LogP contribution < -0.4 is 11.1 Å². The summed E-state index contributed by atoms with van der Waals surface area (Å²) in [6.45, 7) is 2.51. The maximum absolute atomic E-state index is 5.94. The van der Waals surface area contributed by atoms with Gasteiger partial charge in [-0.3, -0.25) is 0 Å². The SMILES string of the molecule is COCc1ccccc1Nc1ncc(C)cc1N. The van der Waals surface area contributed by atoms with Crippen molar-refractivity contribution in [2.45, 2.75) is 13.5 Å². The molecule has 94 valence electrons. The Morgan fingerprint density at radius 3 is 2.83 bits per heavy atom. The Bertz CT molecular complexity index is 540. The smallest absolute Gasteiger partial charge is 0.153 e. The molecule has 2 aromatic rings. The molecule has 0 unspecified atom stereocenters. The van der Waals surface area contributed by atoms with Crippen LogP contribution in [0.15, 0.2) is 36.5 Å². The van der Waals surface area contributed by atoms with Crippen LogP contribution in [0.4, 0.5) is 17.2 Å². The Morgan fingerprint density at radius 2 is 2.11 bits per heavy atom. The van der Waals surface area contributed by atoms with Gasteiger partial charge in [-0.25, -0.2) is 4.98 Å². The van der Waals surface area contributed by atoms with Gasteiger partial charge in [0, 0.05) is 24.6 Å². The summed E-state index contributed by atoms with van der Waals surface area (Å²) in [4.78, 5) is 4.30. The number of benzene rings is 1. The molecule has 18 heavy (non-hydrogen) atoms. The lowest BCUT2D eigenvalue weighted by Crippen LogP contribution is -2.02. The topological polar surface area (TPSA) is 60.2 Å². The fourth-order valence-corrected chi connectivity index (χ4v) is 1.75. The number of para-hydroxylation sites is 1. The molecule has 0 radical (unpaired) electrons. The molecule has 4 nitrogen and oxygen atoms in total. The van der Waals surface area contributed by atoms with Gasteiger partial charge in [0.05, 0.1) is 12.3 Å². The standard InChI is InChI=1S/C14H17N3O/c1-10-7-12(15)14(16-8-10)17-13-6-4-3-5-11(13)9-18-2/h3-8H,9,15H2,1-2H3,(H,16,17). The third-order valence-corrected chi connectivity index (χ3v) is 2.62. The van der Waals surface area contributed by atoms with Crippen molar-refractivity contribution in [1.82, 2.24) is 4.98 Å². The summed E-state index contributed by atoms with van der Waals surface area (Å²) in [5, 5.41) is 3.24. The largest absolute Gasteiger partial charge is 0.396 e. The molecular weight excluding hydrogens is 226 g/mol. The van der Waals surface area contributed by atoms with Gasteiger partial charge in [-0.2, -0.15) is 0 Å². The van der Waals surface area contributed by atoms with Crippen molar-refractivity contribution in [3.8, 4) is 0 Å². The zero-order valence-corrected chi connectivity index (χ0v) is 10.6. The number of methoxy groups -OCH3 is 1. The molecule has 3 N–H and O–H groups in total. The summed E-state index contributed by atoms with van der Waals surface area (Å²) >= 11 is 0. The number of hydrogen-bond donors (Lipinski definition) is 2. The molecule has 0 spiro atoms. The van der Waals surface area contributed by atoms with Crippen LogP contribution in [0, 0.1) is 6.92 Å². The first kappa shape index (κ1) is 12.4. The van der Waals surface area contributed by atoms with Gasteiger partial charge in [-0.15, -0.1) is 0 Å². The van der Waals surface area contributed by atoms with Gasteiger partial charge in [-0.1, -0.05) is 18.2 Å². The summed E-state index contributed by atoms with van der Waals surface area (Å²) < 4.78 is 5.16. The zero-order valence-electron chi connectivity index (χ0n) is 10.6. The molecule has 1 aromatic carbocycles. The van der Waals surface area contributed by atoms with Crippen molar-refractivity contribution in [3.05, 3.63) is 47.7 Å². The van der Waals surface area contributed by atoms with Crippen LogP contribution in [0.1, 0.15) is 11.1 Å². The van der Waals surface area contributed by atoms with Crippen LogP contribution in [-0.4, -0.2) is 12.1 Å². The fraction of sp³-hybridized carbons (Fsp3) is 0.214.